The van der Waals surface area contributed by atoms with Gasteiger partial charge >= 0.3 is 5.97 Å². The Labute approximate surface area is 222 Å². The lowest BCUT2D eigenvalue weighted by Crippen LogP contribution is -2.47. The zero-order valence-corrected chi connectivity index (χ0v) is 23.4. The average molecular weight is 525 g/mol. The van der Waals surface area contributed by atoms with Crippen molar-refractivity contribution in [3.63, 3.8) is 0 Å². The summed E-state index contributed by atoms with van der Waals surface area (Å²) in [5, 5.41) is 23.1. The fourth-order valence-electron chi connectivity index (χ4n) is 4.52. The Morgan fingerprint density at radius 2 is 1.78 bits per heavy atom. The van der Waals surface area contributed by atoms with Crippen molar-refractivity contribution in [1.82, 2.24) is 10.2 Å². The van der Waals surface area contributed by atoms with Gasteiger partial charge in [-0.2, -0.15) is 0 Å². The summed E-state index contributed by atoms with van der Waals surface area (Å²) in [5.41, 5.74) is 0.740. The summed E-state index contributed by atoms with van der Waals surface area (Å²) in [7, 11) is 4.75. The SMILES string of the molecule is CCNC(CCC(=O)OCc1ccccc1)C(=O)N(C)CC(C)(C)CCCC(O)C(OC)C(CO)OC. The molecule has 0 fully saturated rings. The van der Waals surface area contributed by atoms with Gasteiger partial charge < -0.3 is 34.6 Å². The number of aliphatic hydroxyl groups excluding tert-OH is 2. The van der Waals surface area contributed by atoms with Crippen LogP contribution in [0.1, 0.15) is 58.4 Å². The number of carbonyl (C=O) groups excluding carboxylic acids is 2. The van der Waals surface area contributed by atoms with Crippen LogP contribution < -0.4 is 5.32 Å². The Morgan fingerprint density at radius 1 is 1.11 bits per heavy atom. The highest BCUT2D eigenvalue weighted by molar-refractivity contribution is 5.82. The van der Waals surface area contributed by atoms with Crippen LogP contribution in [-0.2, 0) is 30.4 Å². The molecular weight excluding hydrogens is 476 g/mol. The zero-order chi connectivity index (χ0) is 27.8. The number of likely N-dealkylation sites (N-methyl/N-ethyl adjacent to an activating group) is 2. The Hall–Kier alpha value is -2.04. The molecule has 0 radical (unpaired) electrons. The highest BCUT2D eigenvalue weighted by atomic mass is 16.5. The van der Waals surface area contributed by atoms with Gasteiger partial charge in [0.1, 0.15) is 18.8 Å². The van der Waals surface area contributed by atoms with Gasteiger partial charge in [0.05, 0.1) is 18.8 Å². The lowest BCUT2D eigenvalue weighted by atomic mass is 9.85. The Balaban J connectivity index is 2.54. The summed E-state index contributed by atoms with van der Waals surface area (Å²) >= 11 is 0. The lowest BCUT2D eigenvalue weighted by Gasteiger charge is -2.33. The molecule has 0 aliphatic carbocycles. The van der Waals surface area contributed by atoms with E-state index in [2.05, 4.69) is 19.2 Å². The van der Waals surface area contributed by atoms with Crippen LogP contribution in [0.5, 0.6) is 0 Å². The van der Waals surface area contributed by atoms with E-state index in [1.807, 2.05) is 37.3 Å². The molecule has 0 spiro atoms. The molecule has 0 saturated carbocycles. The molecule has 9 nitrogen and oxygen atoms in total. The monoisotopic (exact) mass is 524 g/mol. The smallest absolute Gasteiger partial charge is 0.306 e. The van der Waals surface area contributed by atoms with Gasteiger partial charge in [-0.25, -0.2) is 0 Å². The maximum atomic E-state index is 13.2. The van der Waals surface area contributed by atoms with Gasteiger partial charge in [-0.1, -0.05) is 57.5 Å². The van der Waals surface area contributed by atoms with Crippen LogP contribution in [0.15, 0.2) is 30.3 Å². The minimum absolute atomic E-state index is 0.0591. The van der Waals surface area contributed by atoms with Crippen molar-refractivity contribution in [3.8, 4) is 0 Å². The molecule has 1 aromatic rings. The minimum atomic E-state index is -0.767. The molecule has 0 heterocycles. The highest BCUT2D eigenvalue weighted by Gasteiger charge is 2.30. The number of ether oxygens (including phenoxy) is 3. The fraction of sp³-hybridized carbons (Fsp3) is 0.714. The summed E-state index contributed by atoms with van der Waals surface area (Å²) in [6, 6.07) is 9.03. The second-order valence-corrected chi connectivity index (χ2v) is 10.3. The van der Waals surface area contributed by atoms with Crippen molar-refractivity contribution in [2.24, 2.45) is 5.41 Å². The van der Waals surface area contributed by atoms with Crippen molar-refractivity contribution < 1.29 is 34.0 Å². The first-order valence-corrected chi connectivity index (χ1v) is 13.1. The number of hydrogen-bond acceptors (Lipinski definition) is 8. The zero-order valence-electron chi connectivity index (χ0n) is 23.4. The van der Waals surface area contributed by atoms with E-state index in [1.165, 1.54) is 14.2 Å². The van der Waals surface area contributed by atoms with E-state index < -0.39 is 24.4 Å². The van der Waals surface area contributed by atoms with Crippen LogP contribution in [0, 0.1) is 5.41 Å². The first kappa shape index (κ1) is 33.0. The van der Waals surface area contributed by atoms with Crippen LogP contribution in [0.4, 0.5) is 0 Å². The highest BCUT2D eigenvalue weighted by Crippen LogP contribution is 2.26. The molecule has 1 amide bonds. The molecule has 3 N–H and O–H groups in total. The molecule has 0 aliphatic rings. The molecule has 4 atom stereocenters. The number of rotatable bonds is 19. The molecular formula is C28H48N2O7. The van der Waals surface area contributed by atoms with Crippen molar-refractivity contribution in [3.05, 3.63) is 35.9 Å². The maximum Gasteiger partial charge on any atom is 0.306 e. The number of nitrogens with zero attached hydrogens (tertiary/aromatic N) is 1. The van der Waals surface area contributed by atoms with Crippen LogP contribution in [-0.4, -0.2) is 92.3 Å². The van der Waals surface area contributed by atoms with E-state index in [4.69, 9.17) is 14.2 Å². The minimum Gasteiger partial charge on any atom is -0.461 e. The topological polar surface area (TPSA) is 118 Å². The number of amides is 1. The standard InChI is InChI=1S/C28H48N2O7/c1-7-29-22(15-16-25(33)37-19-21-12-9-8-10-13-21)27(34)30(4)20-28(2,3)17-11-14-23(32)26(36-6)24(18-31)35-5/h8-10,12-13,22-24,26,29,31-32H,7,11,14-20H2,1-6H3. The Bertz CT molecular complexity index is 771. The molecule has 0 bridgehead atoms. The molecule has 212 valence electrons. The first-order chi connectivity index (χ1) is 17.6. The van der Waals surface area contributed by atoms with E-state index in [-0.39, 0.29) is 36.9 Å². The lowest BCUT2D eigenvalue weighted by molar-refractivity contribution is -0.145. The van der Waals surface area contributed by atoms with Crippen molar-refractivity contribution >= 4 is 11.9 Å². The number of carbonyl (C=O) groups is 2. The Morgan fingerprint density at radius 3 is 2.35 bits per heavy atom. The van der Waals surface area contributed by atoms with Gasteiger partial charge in [0.15, 0.2) is 0 Å². The largest absolute Gasteiger partial charge is 0.461 e. The van der Waals surface area contributed by atoms with Crippen LogP contribution in [0.25, 0.3) is 0 Å². The van der Waals surface area contributed by atoms with Crippen LogP contribution >= 0.6 is 0 Å². The third-order valence-electron chi connectivity index (χ3n) is 6.52. The van der Waals surface area contributed by atoms with E-state index in [0.29, 0.717) is 25.9 Å². The predicted molar refractivity (Wildman–Crippen MR) is 143 cm³/mol. The molecule has 0 aromatic heterocycles. The summed E-state index contributed by atoms with van der Waals surface area (Å²) < 4.78 is 15.9. The number of benzene rings is 1. The fourth-order valence-corrected chi connectivity index (χ4v) is 4.52. The van der Waals surface area contributed by atoms with Crippen molar-refractivity contribution in [2.45, 2.75) is 83.8 Å². The quantitative estimate of drug-likeness (QED) is 0.236. The number of hydrogen-bond donors (Lipinski definition) is 3. The summed E-state index contributed by atoms with van der Waals surface area (Å²) in [6.07, 6.45) is 0.553. The maximum absolute atomic E-state index is 13.2. The normalized spacial score (nSPS) is 15.0. The molecule has 1 aromatic carbocycles. The van der Waals surface area contributed by atoms with Crippen LogP contribution in [0.2, 0.25) is 0 Å². The summed E-state index contributed by atoms with van der Waals surface area (Å²) in [4.78, 5) is 27.1. The van der Waals surface area contributed by atoms with Gasteiger partial charge in [-0.05, 0) is 36.8 Å². The molecule has 1 rings (SSSR count). The van der Waals surface area contributed by atoms with Gasteiger partial charge in [0.2, 0.25) is 5.91 Å². The number of methoxy groups -OCH3 is 2. The van der Waals surface area contributed by atoms with Gasteiger partial charge in [-0.3, -0.25) is 9.59 Å². The number of esters is 1. The van der Waals surface area contributed by atoms with E-state index >= 15 is 0 Å². The summed E-state index contributed by atoms with van der Waals surface area (Å²) in [5.74, 6) is -0.386. The van der Waals surface area contributed by atoms with Gasteiger partial charge in [0.25, 0.3) is 0 Å². The van der Waals surface area contributed by atoms with Gasteiger partial charge in [-0.15, -0.1) is 0 Å². The second kappa shape index (κ2) is 17.5. The third kappa shape index (κ3) is 12.4. The number of aliphatic hydroxyl groups is 2. The first-order valence-electron chi connectivity index (χ1n) is 13.1. The average Bonchev–Trinajstić information content (AvgIpc) is 2.87. The molecule has 9 heteroatoms. The third-order valence-corrected chi connectivity index (χ3v) is 6.52. The Kier molecular flexibility index (Phi) is 15.6. The van der Waals surface area contributed by atoms with Crippen molar-refractivity contribution in [1.29, 1.82) is 0 Å². The molecule has 0 aliphatic heterocycles. The predicted octanol–water partition coefficient (Wildman–Crippen LogP) is 2.53. The number of nitrogens with one attached hydrogen (secondary N) is 1. The second-order valence-electron chi connectivity index (χ2n) is 10.3. The molecule has 37 heavy (non-hydrogen) atoms. The van der Waals surface area contributed by atoms with Gasteiger partial charge in [0, 0.05) is 34.2 Å². The summed E-state index contributed by atoms with van der Waals surface area (Å²) in [6.45, 7) is 7.25. The van der Waals surface area contributed by atoms with E-state index in [1.54, 1.807) is 11.9 Å². The molecule has 4 unspecified atom stereocenters. The van der Waals surface area contributed by atoms with Crippen molar-refractivity contribution in [2.75, 3.05) is 41.0 Å². The molecule has 0 saturated heterocycles. The van der Waals surface area contributed by atoms with E-state index in [9.17, 15) is 19.8 Å². The van der Waals surface area contributed by atoms with E-state index in [0.717, 1.165) is 18.4 Å². The van der Waals surface area contributed by atoms with Crippen LogP contribution in [0.3, 0.4) is 0 Å².